The average Bonchev–Trinajstić information content (AvgIpc) is 2.93. The molecule has 38 heavy (non-hydrogen) atoms. The van der Waals surface area contributed by atoms with Crippen LogP contribution in [0.5, 0.6) is 0 Å². The molecule has 2 fully saturated rings. The topological polar surface area (TPSA) is 77.9 Å². The first-order valence-corrected chi connectivity index (χ1v) is 13.9. The van der Waals surface area contributed by atoms with E-state index in [9.17, 15) is 19.5 Å². The standard InChI is InChI=1S/C32H36N2O4/c35-29(33-21-19-32(20-22-33)17-15-26(16-18-32)31(37)38)11-5-6-12-30(36)34-23-27-9-2-1-7-24(27)13-14-25-8-3-4-10-28(25)34/h1-4,7-10,26H,5-6,11-12,15-23H2,(H,37,38). The fourth-order valence-electron chi connectivity index (χ4n) is 6.26. The minimum absolute atomic E-state index is 0.0558. The van der Waals surface area contributed by atoms with E-state index in [4.69, 9.17) is 0 Å². The zero-order valence-electron chi connectivity index (χ0n) is 22.0. The molecule has 1 aliphatic carbocycles. The number of para-hydroxylation sites is 1. The maximum Gasteiger partial charge on any atom is 0.306 e. The first-order valence-electron chi connectivity index (χ1n) is 13.9. The molecule has 2 aromatic rings. The van der Waals surface area contributed by atoms with Crippen LogP contribution < -0.4 is 4.90 Å². The largest absolute Gasteiger partial charge is 0.481 e. The van der Waals surface area contributed by atoms with E-state index >= 15 is 0 Å². The summed E-state index contributed by atoms with van der Waals surface area (Å²) in [7, 11) is 0. The van der Waals surface area contributed by atoms with Gasteiger partial charge in [0.15, 0.2) is 0 Å². The molecule has 2 amide bonds. The summed E-state index contributed by atoms with van der Waals surface area (Å²) in [5.41, 5.74) is 3.90. The summed E-state index contributed by atoms with van der Waals surface area (Å²) in [5.74, 6) is 5.85. The van der Waals surface area contributed by atoms with Gasteiger partial charge in [0, 0.05) is 37.1 Å². The van der Waals surface area contributed by atoms with Crippen molar-refractivity contribution < 1.29 is 19.5 Å². The molecule has 0 radical (unpaired) electrons. The lowest BCUT2D eigenvalue weighted by Crippen LogP contribution is -2.44. The van der Waals surface area contributed by atoms with E-state index in [0.29, 0.717) is 32.2 Å². The highest BCUT2D eigenvalue weighted by Crippen LogP contribution is 2.46. The monoisotopic (exact) mass is 512 g/mol. The van der Waals surface area contributed by atoms with Crippen molar-refractivity contribution in [2.24, 2.45) is 11.3 Å². The highest BCUT2D eigenvalue weighted by molar-refractivity contribution is 5.95. The van der Waals surface area contributed by atoms with Crippen LogP contribution in [0.3, 0.4) is 0 Å². The van der Waals surface area contributed by atoms with E-state index < -0.39 is 5.97 Å². The Balaban J connectivity index is 1.11. The van der Waals surface area contributed by atoms with Crippen molar-refractivity contribution in [2.75, 3.05) is 18.0 Å². The van der Waals surface area contributed by atoms with E-state index in [1.54, 1.807) is 0 Å². The van der Waals surface area contributed by atoms with E-state index in [2.05, 4.69) is 11.8 Å². The first kappa shape index (κ1) is 26.0. The molecule has 6 nitrogen and oxygen atoms in total. The molecule has 1 N–H and O–H groups in total. The molecule has 0 bridgehead atoms. The number of rotatable bonds is 6. The van der Waals surface area contributed by atoms with Crippen molar-refractivity contribution >= 4 is 23.5 Å². The number of carbonyl (C=O) groups excluding carboxylic acids is 2. The van der Waals surface area contributed by atoms with Gasteiger partial charge in [0.1, 0.15) is 0 Å². The number of hydrogen-bond acceptors (Lipinski definition) is 3. The molecule has 0 unspecified atom stereocenters. The van der Waals surface area contributed by atoms with Crippen LogP contribution in [0.1, 0.15) is 80.9 Å². The second-order valence-corrected chi connectivity index (χ2v) is 11.1. The summed E-state index contributed by atoms with van der Waals surface area (Å²) in [6, 6.07) is 15.8. The van der Waals surface area contributed by atoms with Crippen LogP contribution in [-0.2, 0) is 20.9 Å². The lowest BCUT2D eigenvalue weighted by Gasteiger charge is -2.45. The molecule has 3 aliphatic rings. The molecule has 5 rings (SSSR count). The molecular weight excluding hydrogens is 476 g/mol. The van der Waals surface area contributed by atoms with Gasteiger partial charge in [0.25, 0.3) is 0 Å². The summed E-state index contributed by atoms with van der Waals surface area (Å²) in [6.07, 6.45) is 7.62. The maximum atomic E-state index is 13.4. The van der Waals surface area contributed by atoms with Gasteiger partial charge >= 0.3 is 5.97 Å². The van der Waals surface area contributed by atoms with Crippen molar-refractivity contribution in [2.45, 2.75) is 70.8 Å². The average molecular weight is 513 g/mol. The SMILES string of the molecule is O=C(O)C1CCC2(CC1)CCN(C(=O)CCCCC(=O)N1Cc3ccccc3C#Cc3ccccc31)CC2. The van der Waals surface area contributed by atoms with Crippen molar-refractivity contribution in [1.29, 1.82) is 0 Å². The van der Waals surface area contributed by atoms with Crippen LogP contribution in [0.2, 0.25) is 0 Å². The number of carbonyl (C=O) groups is 3. The Morgan fingerprint density at radius 2 is 1.42 bits per heavy atom. The highest BCUT2D eigenvalue weighted by Gasteiger charge is 2.40. The molecular formula is C32H36N2O4. The third-order valence-electron chi connectivity index (χ3n) is 8.78. The third kappa shape index (κ3) is 5.78. The Kier molecular flexibility index (Phi) is 7.83. The van der Waals surface area contributed by atoms with Gasteiger partial charge in [-0.2, -0.15) is 0 Å². The van der Waals surface area contributed by atoms with E-state index in [1.165, 1.54) is 0 Å². The molecule has 0 atom stereocenters. The fourth-order valence-corrected chi connectivity index (χ4v) is 6.26. The summed E-state index contributed by atoms with van der Waals surface area (Å²) in [5, 5.41) is 9.28. The molecule has 1 spiro atoms. The number of anilines is 1. The van der Waals surface area contributed by atoms with Crippen LogP contribution in [0.4, 0.5) is 5.69 Å². The number of aliphatic carboxylic acids is 1. The minimum Gasteiger partial charge on any atom is -0.481 e. The van der Waals surface area contributed by atoms with Crippen molar-refractivity contribution in [3.05, 3.63) is 65.2 Å². The van der Waals surface area contributed by atoms with Crippen LogP contribution in [0.15, 0.2) is 48.5 Å². The van der Waals surface area contributed by atoms with Gasteiger partial charge in [-0.05, 0) is 80.5 Å². The molecule has 2 heterocycles. The van der Waals surface area contributed by atoms with E-state index in [1.807, 2.05) is 58.3 Å². The second kappa shape index (κ2) is 11.4. The van der Waals surface area contributed by atoms with Crippen LogP contribution >= 0.6 is 0 Å². The van der Waals surface area contributed by atoms with Gasteiger partial charge in [0.05, 0.1) is 18.2 Å². The summed E-state index contributed by atoms with van der Waals surface area (Å²) in [6.45, 7) is 2.02. The molecule has 6 heteroatoms. The van der Waals surface area contributed by atoms with Gasteiger partial charge < -0.3 is 14.9 Å². The molecule has 2 aromatic carbocycles. The zero-order valence-corrected chi connectivity index (χ0v) is 22.0. The number of hydrogen-bond donors (Lipinski definition) is 1. The van der Waals surface area contributed by atoms with Crippen molar-refractivity contribution in [1.82, 2.24) is 4.90 Å². The fraction of sp³-hybridized carbons (Fsp3) is 0.469. The van der Waals surface area contributed by atoms with E-state index in [0.717, 1.165) is 74.0 Å². The molecule has 2 aliphatic heterocycles. The number of carboxylic acid groups (broad SMARTS) is 1. The number of likely N-dealkylation sites (tertiary alicyclic amines) is 1. The summed E-state index contributed by atoms with van der Waals surface area (Å²) in [4.78, 5) is 41.3. The van der Waals surface area contributed by atoms with Crippen LogP contribution in [0.25, 0.3) is 0 Å². The van der Waals surface area contributed by atoms with E-state index in [-0.39, 0.29) is 23.1 Å². The lowest BCUT2D eigenvalue weighted by molar-refractivity contribution is -0.144. The Hall–Kier alpha value is -3.59. The second-order valence-electron chi connectivity index (χ2n) is 11.1. The van der Waals surface area contributed by atoms with Gasteiger partial charge in [-0.3, -0.25) is 14.4 Å². The van der Waals surface area contributed by atoms with Gasteiger partial charge in [-0.25, -0.2) is 0 Å². The molecule has 1 saturated carbocycles. The smallest absolute Gasteiger partial charge is 0.306 e. The summed E-state index contributed by atoms with van der Waals surface area (Å²) >= 11 is 0. The van der Waals surface area contributed by atoms with Gasteiger partial charge in [0.2, 0.25) is 11.8 Å². The predicted octanol–water partition coefficient (Wildman–Crippen LogP) is 5.38. The third-order valence-corrected chi connectivity index (χ3v) is 8.78. The Labute approximate surface area is 225 Å². The number of piperidine rings is 1. The molecule has 0 aromatic heterocycles. The first-order chi connectivity index (χ1) is 18.4. The summed E-state index contributed by atoms with van der Waals surface area (Å²) < 4.78 is 0. The lowest BCUT2D eigenvalue weighted by atomic mass is 9.65. The van der Waals surface area contributed by atoms with Crippen LogP contribution in [-0.4, -0.2) is 40.9 Å². The number of fused-ring (bicyclic) bond motifs is 2. The zero-order chi connectivity index (χ0) is 26.5. The van der Waals surface area contributed by atoms with Crippen molar-refractivity contribution in [3.8, 4) is 11.8 Å². The normalized spacial score (nSPS) is 18.4. The maximum absolute atomic E-state index is 13.4. The predicted molar refractivity (Wildman–Crippen MR) is 146 cm³/mol. The number of nitrogens with zero attached hydrogens (tertiary/aromatic N) is 2. The minimum atomic E-state index is -0.667. The number of carboxylic acids is 1. The molecule has 198 valence electrons. The van der Waals surface area contributed by atoms with Gasteiger partial charge in [-0.15, -0.1) is 0 Å². The Bertz CT molecular complexity index is 1260. The Morgan fingerprint density at radius 1 is 0.816 bits per heavy atom. The quantitative estimate of drug-likeness (QED) is 0.417. The number of amides is 2. The van der Waals surface area contributed by atoms with Gasteiger partial charge in [-0.1, -0.05) is 42.2 Å². The molecule has 1 saturated heterocycles. The Morgan fingerprint density at radius 3 is 2.13 bits per heavy atom. The van der Waals surface area contributed by atoms with Crippen LogP contribution in [0, 0.1) is 23.2 Å². The highest BCUT2D eigenvalue weighted by atomic mass is 16.4. The van der Waals surface area contributed by atoms with Crippen molar-refractivity contribution in [3.63, 3.8) is 0 Å². The number of benzene rings is 2. The number of unbranched alkanes of at least 4 members (excludes halogenated alkanes) is 1.